The normalized spacial score (nSPS) is 26.5. The molecule has 0 amide bonds. The Kier molecular flexibility index (Phi) is 9.91. The third-order valence-electron chi connectivity index (χ3n) is 8.31. The summed E-state index contributed by atoms with van der Waals surface area (Å²) in [5.41, 5.74) is 2.03. The van der Waals surface area contributed by atoms with Crippen molar-refractivity contribution in [2.24, 2.45) is 5.92 Å². The molecular formula is C31H39N6O9P. The number of nitrogens with zero attached hydrogens (tertiary/aromatic N) is 4. The number of rotatable bonds is 12. The van der Waals surface area contributed by atoms with E-state index in [2.05, 4.69) is 15.2 Å². The number of aromatic nitrogens is 3. The largest absolute Gasteiger partial charge is 0.461 e. The van der Waals surface area contributed by atoms with Gasteiger partial charge in [-0.2, -0.15) is 15.4 Å². The van der Waals surface area contributed by atoms with E-state index in [0.717, 1.165) is 25.7 Å². The number of ether oxygens (including phenoxy) is 3. The molecule has 1 saturated heterocycles. The molecule has 0 spiro atoms. The molecule has 6 atom stereocenters. The zero-order chi connectivity index (χ0) is 34.0. The number of carbonyl (C=O) groups excluding carboxylic acids is 2. The van der Waals surface area contributed by atoms with Gasteiger partial charge >= 0.3 is 19.7 Å². The molecule has 47 heavy (non-hydrogen) atoms. The van der Waals surface area contributed by atoms with E-state index < -0.39 is 61.7 Å². The van der Waals surface area contributed by atoms with Crippen molar-refractivity contribution >= 4 is 31.0 Å². The van der Waals surface area contributed by atoms with Crippen LogP contribution in [0.2, 0.25) is 0 Å². The van der Waals surface area contributed by atoms with Crippen molar-refractivity contribution in [3.8, 4) is 11.8 Å². The molecule has 16 heteroatoms. The molecule has 0 radical (unpaired) electrons. The van der Waals surface area contributed by atoms with Gasteiger partial charge in [0.2, 0.25) is 5.60 Å². The third-order valence-corrected chi connectivity index (χ3v) is 9.96. The summed E-state index contributed by atoms with van der Waals surface area (Å²) in [6, 6.07) is 12.1. The standard InChI is InChI=1S/C31H39N6O9P/c1-19(2)28(38)44-26-24(45-31(17-32,30(26,4)40)25-15-14-23-27(33)34-18-35-37(23)25)16-42-47(41,46-22-12-6-5-7-13-22)36-20(3)29(39)43-21-10-8-9-11-21/h5-7,12-15,18-21,24,26,40H,8-11,16H2,1-4H3,(H,36,41)(H2,33,34,35)/t20-,24+,26+,30+,31-,47?/m0/s1. The van der Waals surface area contributed by atoms with Crippen molar-refractivity contribution in [2.75, 3.05) is 12.3 Å². The summed E-state index contributed by atoms with van der Waals surface area (Å²) < 4.78 is 44.8. The van der Waals surface area contributed by atoms with Gasteiger partial charge in [0.05, 0.1) is 18.2 Å². The van der Waals surface area contributed by atoms with Crippen LogP contribution in [0.4, 0.5) is 5.82 Å². The predicted molar refractivity (Wildman–Crippen MR) is 166 cm³/mol. The molecular weight excluding hydrogens is 631 g/mol. The van der Waals surface area contributed by atoms with Crippen LogP contribution in [0.25, 0.3) is 5.52 Å². The Labute approximate surface area is 271 Å². The van der Waals surface area contributed by atoms with Crippen LogP contribution in [0.15, 0.2) is 48.8 Å². The highest BCUT2D eigenvalue weighted by Gasteiger charge is 2.67. The summed E-state index contributed by atoms with van der Waals surface area (Å²) in [6.07, 6.45) is 1.49. The van der Waals surface area contributed by atoms with Crippen molar-refractivity contribution in [1.29, 1.82) is 5.26 Å². The Hall–Kier alpha value is -4.06. The molecule has 1 unspecified atom stereocenters. The second-order valence-electron chi connectivity index (χ2n) is 12.2. The first-order chi connectivity index (χ1) is 22.3. The molecule has 1 aliphatic carbocycles. The monoisotopic (exact) mass is 670 g/mol. The number of nitrogen functional groups attached to an aromatic ring is 1. The van der Waals surface area contributed by atoms with Crippen molar-refractivity contribution < 1.29 is 42.5 Å². The Morgan fingerprint density at radius 2 is 1.87 bits per heavy atom. The van der Waals surface area contributed by atoms with Gasteiger partial charge in [-0.15, -0.1) is 0 Å². The van der Waals surface area contributed by atoms with Crippen molar-refractivity contribution in [1.82, 2.24) is 19.7 Å². The first-order valence-corrected chi connectivity index (χ1v) is 16.9. The first kappa shape index (κ1) is 34.3. The predicted octanol–water partition coefficient (Wildman–Crippen LogP) is 3.42. The van der Waals surface area contributed by atoms with E-state index in [-0.39, 0.29) is 23.4 Å². The maximum absolute atomic E-state index is 14.3. The number of anilines is 1. The molecule has 15 nitrogen and oxygen atoms in total. The highest BCUT2D eigenvalue weighted by molar-refractivity contribution is 7.52. The van der Waals surface area contributed by atoms with Gasteiger partial charge in [-0.25, -0.2) is 14.1 Å². The molecule has 1 aliphatic heterocycles. The molecule has 2 fully saturated rings. The fourth-order valence-corrected chi connectivity index (χ4v) is 7.23. The molecule has 5 rings (SSSR count). The summed E-state index contributed by atoms with van der Waals surface area (Å²) in [5.74, 6) is -1.64. The number of para-hydroxylation sites is 1. The summed E-state index contributed by atoms with van der Waals surface area (Å²) in [7, 11) is -4.40. The molecule has 2 aromatic heterocycles. The molecule has 3 aromatic rings. The van der Waals surface area contributed by atoms with Crippen LogP contribution in [0.3, 0.4) is 0 Å². The van der Waals surface area contributed by atoms with Crippen molar-refractivity contribution in [3.05, 3.63) is 54.5 Å². The number of benzene rings is 1. The van der Waals surface area contributed by atoms with Gasteiger partial charge in [-0.1, -0.05) is 32.0 Å². The second kappa shape index (κ2) is 13.6. The number of hydrogen-bond acceptors (Lipinski definition) is 13. The van der Waals surface area contributed by atoms with Gasteiger partial charge in [-0.05, 0) is 63.8 Å². The Bertz CT molecular complexity index is 1690. The summed E-state index contributed by atoms with van der Waals surface area (Å²) in [6.45, 7) is 5.36. The lowest BCUT2D eigenvalue weighted by atomic mass is 9.80. The minimum Gasteiger partial charge on any atom is -0.461 e. The van der Waals surface area contributed by atoms with E-state index in [1.807, 2.05) is 6.07 Å². The fraction of sp³-hybridized carbons (Fsp3) is 0.516. The average molecular weight is 671 g/mol. The van der Waals surface area contributed by atoms with Crippen LogP contribution >= 0.6 is 7.75 Å². The number of hydrogen-bond donors (Lipinski definition) is 3. The van der Waals surface area contributed by atoms with E-state index in [1.165, 1.54) is 30.8 Å². The van der Waals surface area contributed by atoms with Crippen LogP contribution in [0.1, 0.15) is 59.1 Å². The molecule has 252 valence electrons. The van der Waals surface area contributed by atoms with Gasteiger partial charge in [0, 0.05) is 0 Å². The highest BCUT2D eigenvalue weighted by Crippen LogP contribution is 2.51. The maximum atomic E-state index is 14.3. The zero-order valence-corrected chi connectivity index (χ0v) is 27.5. The van der Waals surface area contributed by atoms with E-state index in [1.54, 1.807) is 50.2 Å². The minimum absolute atomic E-state index is 0.0762. The lowest BCUT2D eigenvalue weighted by molar-refractivity contribution is -0.168. The number of aliphatic hydroxyl groups is 1. The fourth-order valence-electron chi connectivity index (χ4n) is 5.72. The van der Waals surface area contributed by atoms with E-state index in [9.17, 15) is 24.5 Å². The molecule has 3 heterocycles. The SMILES string of the molecule is CC(C)C(=O)O[C@@H]1[C@@H](COP(=O)(N[C@@H](C)C(=O)OC2CCCC2)Oc2ccccc2)O[C@@](C#N)(c2ccc3c(N)ncnn23)[C@]1(C)O. The Morgan fingerprint density at radius 1 is 1.17 bits per heavy atom. The van der Waals surface area contributed by atoms with E-state index in [4.69, 9.17) is 29.0 Å². The number of fused-ring (bicyclic) bond motifs is 1. The molecule has 0 bridgehead atoms. The van der Waals surface area contributed by atoms with Crippen molar-refractivity contribution in [2.45, 2.75) is 88.9 Å². The van der Waals surface area contributed by atoms with Gasteiger partial charge in [0.15, 0.2) is 11.9 Å². The summed E-state index contributed by atoms with van der Waals surface area (Å²) >= 11 is 0. The van der Waals surface area contributed by atoms with Crippen LogP contribution in [-0.4, -0.2) is 68.2 Å². The molecule has 1 saturated carbocycles. The third kappa shape index (κ3) is 6.83. The lowest BCUT2D eigenvalue weighted by Gasteiger charge is -2.34. The van der Waals surface area contributed by atoms with E-state index >= 15 is 0 Å². The van der Waals surface area contributed by atoms with Crippen molar-refractivity contribution in [3.63, 3.8) is 0 Å². The average Bonchev–Trinajstić information content (AvgIpc) is 3.75. The first-order valence-electron chi connectivity index (χ1n) is 15.4. The maximum Gasteiger partial charge on any atom is 0.459 e. The lowest BCUT2D eigenvalue weighted by Crippen LogP contribution is -2.54. The molecule has 4 N–H and O–H groups in total. The van der Waals surface area contributed by atoms with Crippen LogP contribution in [-0.2, 0) is 38.5 Å². The summed E-state index contributed by atoms with van der Waals surface area (Å²) in [4.78, 5) is 29.8. The molecule has 2 aliphatic rings. The number of nitrogens with one attached hydrogen (secondary N) is 1. The minimum atomic E-state index is -4.40. The van der Waals surface area contributed by atoms with Crippen LogP contribution < -0.4 is 15.3 Å². The quantitative estimate of drug-likeness (QED) is 0.186. The van der Waals surface area contributed by atoms with Gasteiger partial charge in [0.1, 0.15) is 47.5 Å². The number of carbonyl (C=O) groups is 2. The zero-order valence-electron chi connectivity index (χ0n) is 26.6. The van der Waals surface area contributed by atoms with Crippen LogP contribution in [0.5, 0.6) is 5.75 Å². The number of nitriles is 1. The number of esters is 2. The second-order valence-corrected chi connectivity index (χ2v) is 13.9. The van der Waals surface area contributed by atoms with Gasteiger partial charge in [0.25, 0.3) is 0 Å². The Balaban J connectivity index is 1.47. The van der Waals surface area contributed by atoms with Crippen LogP contribution in [0, 0.1) is 17.2 Å². The highest BCUT2D eigenvalue weighted by atomic mass is 31.2. The molecule has 1 aromatic carbocycles. The Morgan fingerprint density at radius 3 is 2.53 bits per heavy atom. The number of nitrogens with two attached hydrogens (primary N) is 1. The summed E-state index contributed by atoms with van der Waals surface area (Å²) in [5, 5.41) is 29.5. The van der Waals surface area contributed by atoms with Gasteiger partial charge in [-0.3, -0.25) is 14.1 Å². The smallest absolute Gasteiger partial charge is 0.459 e. The topological polar surface area (TPSA) is 210 Å². The van der Waals surface area contributed by atoms with E-state index in [0.29, 0.717) is 5.52 Å². The van der Waals surface area contributed by atoms with Gasteiger partial charge < -0.3 is 29.6 Å².